The van der Waals surface area contributed by atoms with E-state index in [0.717, 1.165) is 18.7 Å². The Morgan fingerprint density at radius 2 is 1.89 bits per heavy atom. The summed E-state index contributed by atoms with van der Waals surface area (Å²) in [6.45, 7) is 3.05. The Labute approximate surface area is 104 Å². The molecule has 2 N–H and O–H groups in total. The second-order valence-corrected chi connectivity index (χ2v) is 4.13. The van der Waals surface area contributed by atoms with Gasteiger partial charge in [-0.1, -0.05) is 0 Å². The first-order chi connectivity index (χ1) is 8.83. The molecule has 18 heavy (non-hydrogen) atoms. The molecule has 94 valence electrons. The number of benzene rings is 1. The quantitative estimate of drug-likeness (QED) is 0.827. The molecule has 0 atom stereocenters. The van der Waals surface area contributed by atoms with Crippen molar-refractivity contribution in [1.82, 2.24) is 15.2 Å². The van der Waals surface area contributed by atoms with Crippen LogP contribution in [0.15, 0.2) is 24.3 Å². The molecule has 1 fully saturated rings. The average molecular weight is 246 g/mol. The van der Waals surface area contributed by atoms with Crippen molar-refractivity contribution in [1.29, 1.82) is 0 Å². The molecule has 6 heteroatoms. The lowest BCUT2D eigenvalue weighted by Crippen LogP contribution is -2.36. The van der Waals surface area contributed by atoms with Gasteiger partial charge in [-0.25, -0.2) is 0 Å². The molecular weight excluding hydrogens is 232 g/mol. The van der Waals surface area contributed by atoms with Crippen molar-refractivity contribution < 1.29 is 9.84 Å². The molecule has 2 heterocycles. The number of nitrogens with one attached hydrogen (secondary N) is 1. The monoisotopic (exact) mass is 246 g/mol. The summed E-state index contributed by atoms with van der Waals surface area (Å²) in [6.07, 6.45) is 0. The van der Waals surface area contributed by atoms with Gasteiger partial charge in [0.25, 0.3) is 0 Å². The number of aromatic amines is 1. The topological polar surface area (TPSA) is 74.3 Å². The standard InChI is InChI=1S/C12H14N4O2/c17-10-3-1-9(2-4-10)11-13-12(15-14-11)16-5-7-18-8-6-16/h1-4,17H,5-8H2,(H,13,14,15). The van der Waals surface area contributed by atoms with Gasteiger partial charge in [-0.3, -0.25) is 5.10 Å². The van der Waals surface area contributed by atoms with Crippen LogP contribution in [0.1, 0.15) is 0 Å². The van der Waals surface area contributed by atoms with Crippen LogP contribution in [0.4, 0.5) is 5.95 Å². The number of morpholine rings is 1. The number of phenolic OH excluding ortho intramolecular Hbond substituents is 1. The maximum absolute atomic E-state index is 9.24. The summed E-state index contributed by atoms with van der Waals surface area (Å²) in [5.41, 5.74) is 0.903. The van der Waals surface area contributed by atoms with Gasteiger partial charge in [0, 0.05) is 18.7 Å². The van der Waals surface area contributed by atoms with Gasteiger partial charge in [0.2, 0.25) is 5.95 Å². The number of aromatic hydroxyl groups is 1. The van der Waals surface area contributed by atoms with Crippen LogP contribution in [0.3, 0.4) is 0 Å². The molecule has 1 saturated heterocycles. The average Bonchev–Trinajstić information content (AvgIpc) is 2.90. The molecule has 0 unspecified atom stereocenters. The third kappa shape index (κ3) is 2.14. The number of H-pyrrole nitrogens is 1. The van der Waals surface area contributed by atoms with Crippen molar-refractivity contribution >= 4 is 5.95 Å². The lowest BCUT2D eigenvalue weighted by molar-refractivity contribution is 0.122. The van der Waals surface area contributed by atoms with Crippen molar-refractivity contribution in [3.05, 3.63) is 24.3 Å². The van der Waals surface area contributed by atoms with Gasteiger partial charge in [-0.15, -0.1) is 5.10 Å². The van der Waals surface area contributed by atoms with Crippen LogP contribution >= 0.6 is 0 Å². The molecule has 6 nitrogen and oxygen atoms in total. The van der Waals surface area contributed by atoms with E-state index in [4.69, 9.17) is 4.74 Å². The van der Waals surface area contributed by atoms with Crippen LogP contribution in [-0.4, -0.2) is 46.6 Å². The Bertz CT molecular complexity index is 517. The molecule has 0 amide bonds. The van der Waals surface area contributed by atoms with Crippen LogP contribution in [-0.2, 0) is 4.74 Å². The highest BCUT2D eigenvalue weighted by atomic mass is 16.5. The number of anilines is 1. The maximum atomic E-state index is 9.24. The highest BCUT2D eigenvalue weighted by molar-refractivity contribution is 5.57. The summed E-state index contributed by atoms with van der Waals surface area (Å²) in [4.78, 5) is 6.54. The molecule has 1 aliphatic rings. The summed E-state index contributed by atoms with van der Waals surface area (Å²) < 4.78 is 5.29. The van der Waals surface area contributed by atoms with Crippen molar-refractivity contribution in [3.8, 4) is 17.1 Å². The van der Waals surface area contributed by atoms with Crippen molar-refractivity contribution in [2.75, 3.05) is 31.2 Å². The Kier molecular flexibility index (Phi) is 2.85. The molecule has 0 radical (unpaired) electrons. The van der Waals surface area contributed by atoms with E-state index in [9.17, 15) is 5.11 Å². The minimum atomic E-state index is 0.242. The molecule has 2 aromatic rings. The van der Waals surface area contributed by atoms with E-state index >= 15 is 0 Å². The number of hydrogen-bond acceptors (Lipinski definition) is 5. The summed E-state index contributed by atoms with van der Waals surface area (Å²) >= 11 is 0. The van der Waals surface area contributed by atoms with Gasteiger partial charge in [0.05, 0.1) is 13.2 Å². The van der Waals surface area contributed by atoms with Crippen LogP contribution < -0.4 is 4.90 Å². The van der Waals surface area contributed by atoms with Crippen LogP contribution in [0.25, 0.3) is 11.4 Å². The van der Waals surface area contributed by atoms with E-state index in [1.807, 2.05) is 0 Å². The molecule has 3 rings (SSSR count). The van der Waals surface area contributed by atoms with E-state index < -0.39 is 0 Å². The first-order valence-corrected chi connectivity index (χ1v) is 5.87. The molecule has 1 aromatic heterocycles. The van der Waals surface area contributed by atoms with Gasteiger partial charge in [0.1, 0.15) is 5.75 Å². The van der Waals surface area contributed by atoms with Gasteiger partial charge >= 0.3 is 0 Å². The van der Waals surface area contributed by atoms with E-state index in [1.165, 1.54) is 0 Å². The fourth-order valence-electron chi connectivity index (χ4n) is 1.91. The first kappa shape index (κ1) is 11.0. The number of ether oxygens (including phenoxy) is 1. The Balaban J connectivity index is 1.82. The first-order valence-electron chi connectivity index (χ1n) is 5.87. The minimum absolute atomic E-state index is 0.242. The van der Waals surface area contributed by atoms with Gasteiger partial charge in [0.15, 0.2) is 5.82 Å². The fraction of sp³-hybridized carbons (Fsp3) is 0.333. The minimum Gasteiger partial charge on any atom is -0.508 e. The predicted octanol–water partition coefficient (Wildman–Crippen LogP) is 1.01. The number of nitrogens with zero attached hydrogens (tertiary/aromatic N) is 3. The summed E-state index contributed by atoms with van der Waals surface area (Å²) in [6, 6.07) is 6.87. The Hall–Kier alpha value is -2.08. The fourth-order valence-corrected chi connectivity index (χ4v) is 1.91. The highest BCUT2D eigenvalue weighted by Crippen LogP contribution is 2.20. The summed E-state index contributed by atoms with van der Waals surface area (Å²) in [5.74, 6) is 1.64. The highest BCUT2D eigenvalue weighted by Gasteiger charge is 2.15. The molecule has 0 saturated carbocycles. The maximum Gasteiger partial charge on any atom is 0.245 e. The van der Waals surface area contributed by atoms with E-state index in [-0.39, 0.29) is 5.75 Å². The number of hydrogen-bond donors (Lipinski definition) is 2. The second-order valence-electron chi connectivity index (χ2n) is 4.13. The molecule has 1 aliphatic heterocycles. The Morgan fingerprint density at radius 3 is 2.61 bits per heavy atom. The normalized spacial score (nSPS) is 15.9. The van der Waals surface area contributed by atoms with Crippen LogP contribution in [0.5, 0.6) is 5.75 Å². The van der Waals surface area contributed by atoms with Crippen LogP contribution in [0, 0.1) is 0 Å². The van der Waals surface area contributed by atoms with Crippen molar-refractivity contribution in [3.63, 3.8) is 0 Å². The molecule has 1 aromatic carbocycles. The van der Waals surface area contributed by atoms with E-state index in [1.54, 1.807) is 24.3 Å². The zero-order valence-corrected chi connectivity index (χ0v) is 9.83. The molecular formula is C12H14N4O2. The lowest BCUT2D eigenvalue weighted by atomic mass is 10.2. The SMILES string of the molecule is Oc1ccc(-c2nc(N3CCOCC3)n[nH]2)cc1. The van der Waals surface area contributed by atoms with Gasteiger partial charge in [-0.05, 0) is 24.3 Å². The third-order valence-corrected chi connectivity index (χ3v) is 2.91. The Morgan fingerprint density at radius 1 is 1.17 bits per heavy atom. The number of aromatic nitrogens is 3. The zero-order valence-electron chi connectivity index (χ0n) is 9.83. The molecule has 0 bridgehead atoms. The van der Waals surface area contributed by atoms with E-state index in [2.05, 4.69) is 20.1 Å². The van der Waals surface area contributed by atoms with Gasteiger partial charge < -0.3 is 14.7 Å². The number of rotatable bonds is 2. The molecule has 0 spiro atoms. The summed E-state index contributed by atoms with van der Waals surface area (Å²) in [7, 11) is 0. The zero-order chi connectivity index (χ0) is 12.4. The molecule has 0 aliphatic carbocycles. The van der Waals surface area contributed by atoms with Crippen LogP contribution in [0.2, 0.25) is 0 Å². The lowest BCUT2D eigenvalue weighted by Gasteiger charge is -2.25. The summed E-state index contributed by atoms with van der Waals surface area (Å²) in [5, 5.41) is 16.4. The van der Waals surface area contributed by atoms with Gasteiger partial charge in [-0.2, -0.15) is 4.98 Å². The predicted molar refractivity (Wildman–Crippen MR) is 66.5 cm³/mol. The number of phenols is 1. The van der Waals surface area contributed by atoms with E-state index in [0.29, 0.717) is 25.0 Å². The third-order valence-electron chi connectivity index (χ3n) is 2.91. The van der Waals surface area contributed by atoms with Crippen molar-refractivity contribution in [2.24, 2.45) is 0 Å². The largest absolute Gasteiger partial charge is 0.508 e. The smallest absolute Gasteiger partial charge is 0.245 e. The second kappa shape index (κ2) is 4.66. The van der Waals surface area contributed by atoms with Crippen molar-refractivity contribution in [2.45, 2.75) is 0 Å².